The van der Waals surface area contributed by atoms with Gasteiger partial charge < -0.3 is 9.53 Å². The Labute approximate surface area is 190 Å². The van der Waals surface area contributed by atoms with Crippen LogP contribution in [0.1, 0.15) is 58.8 Å². The highest BCUT2D eigenvalue weighted by atomic mass is 35.5. The number of alkyl halides is 2. The van der Waals surface area contributed by atoms with Gasteiger partial charge in [-0.1, -0.05) is 54.3 Å². The first-order chi connectivity index (χ1) is 13.8. The van der Waals surface area contributed by atoms with Crippen LogP contribution in [0.25, 0.3) is 0 Å². The Kier molecular flexibility index (Phi) is 5.11. The molecule has 0 amide bonds. The fraction of sp³-hybridized carbons (Fsp3) is 0.739. The molecule has 0 aliphatic heterocycles. The van der Waals surface area contributed by atoms with Crippen molar-refractivity contribution < 1.29 is 14.3 Å². The van der Waals surface area contributed by atoms with Gasteiger partial charge in [-0.15, -0.1) is 0 Å². The van der Waals surface area contributed by atoms with Gasteiger partial charge in [-0.25, -0.2) is 0 Å². The molecule has 164 valence electrons. The zero-order chi connectivity index (χ0) is 22.2. The van der Waals surface area contributed by atoms with Gasteiger partial charge in [-0.05, 0) is 69.5 Å². The van der Waals surface area contributed by atoms with Gasteiger partial charge in [0.2, 0.25) is 0 Å². The van der Waals surface area contributed by atoms with E-state index in [1.807, 2.05) is 6.08 Å². The van der Waals surface area contributed by atoms with Gasteiger partial charge in [0.25, 0.3) is 6.26 Å². The van der Waals surface area contributed by atoms with Gasteiger partial charge in [0, 0.05) is 17.3 Å². The van der Waals surface area contributed by atoms with Crippen LogP contribution in [-0.4, -0.2) is 28.8 Å². The third kappa shape index (κ3) is 2.70. The first-order valence-corrected chi connectivity index (χ1v) is 14.6. The van der Waals surface area contributed by atoms with Crippen molar-refractivity contribution in [3.05, 3.63) is 23.3 Å². The van der Waals surface area contributed by atoms with Gasteiger partial charge in [0.15, 0.2) is 9.74 Å². The number of carbonyl (C=O) groups is 1. The molecule has 0 aromatic rings. The van der Waals surface area contributed by atoms with Crippen LogP contribution in [0.4, 0.5) is 0 Å². The number of rotatable bonds is 3. The zero-order valence-corrected chi connectivity index (χ0v) is 20.7. The number of hydrogen-bond donors (Lipinski definition) is 1. The molecule has 1 N–H and O–H groups in total. The van der Waals surface area contributed by atoms with Crippen LogP contribution in [-0.2, 0) is 9.22 Å². The summed E-state index contributed by atoms with van der Waals surface area (Å²) in [6, 6.07) is 0. The van der Waals surface area contributed by atoms with Crippen molar-refractivity contribution in [1.82, 2.24) is 0 Å². The number of aliphatic hydroxyl groups is 1. The molecule has 0 bridgehead atoms. The molecule has 0 radical (unpaired) electrons. The zero-order valence-electron chi connectivity index (χ0n) is 18.2. The van der Waals surface area contributed by atoms with E-state index in [1.54, 1.807) is 19.3 Å². The summed E-state index contributed by atoms with van der Waals surface area (Å²) in [5.41, 5.74) is 0.852. The van der Waals surface area contributed by atoms with E-state index in [2.05, 4.69) is 19.9 Å². The van der Waals surface area contributed by atoms with E-state index < -0.39 is 23.3 Å². The summed E-state index contributed by atoms with van der Waals surface area (Å²) in [5, 5.41) is 21.2. The molecule has 5 atom stereocenters. The molecule has 30 heavy (non-hydrogen) atoms. The highest BCUT2D eigenvalue weighted by Crippen LogP contribution is 2.69. The number of hydrogen-bond acceptors (Lipinski definition) is 4. The number of nitriles is 1. The van der Waals surface area contributed by atoms with Crippen molar-refractivity contribution in [3.63, 3.8) is 0 Å². The average molecular weight is 468 g/mol. The SMILES string of the molecule is C[C@]12CCC(=O)C=C1CCC1C2=CC[C@@]2(C)C1CC[C@]2(O)C(Cl)(Cl)[Si](C)(C)OC#N. The molecule has 0 aromatic heterocycles. The fourth-order valence-corrected chi connectivity index (χ4v) is 9.68. The van der Waals surface area contributed by atoms with Crippen molar-refractivity contribution in [2.24, 2.45) is 22.7 Å². The lowest BCUT2D eigenvalue weighted by molar-refractivity contribution is -0.115. The predicted molar refractivity (Wildman–Crippen MR) is 120 cm³/mol. The second-order valence-corrected chi connectivity index (χ2v) is 16.6. The molecule has 4 rings (SSSR count). The number of carbonyl (C=O) groups excluding carboxylic acids is 1. The van der Waals surface area contributed by atoms with Gasteiger partial charge in [-0.2, -0.15) is 5.26 Å². The number of halogens is 2. The third-order valence-electron chi connectivity index (χ3n) is 9.07. The molecular weight excluding hydrogens is 437 g/mol. The van der Waals surface area contributed by atoms with Gasteiger partial charge in [0.1, 0.15) is 5.60 Å². The second-order valence-electron chi connectivity index (χ2n) is 10.7. The Bertz CT molecular complexity index is 891. The lowest BCUT2D eigenvalue weighted by Gasteiger charge is -2.57. The van der Waals surface area contributed by atoms with E-state index in [1.165, 1.54) is 11.1 Å². The smallest absolute Gasteiger partial charge is 0.300 e. The van der Waals surface area contributed by atoms with E-state index in [-0.39, 0.29) is 17.1 Å². The van der Waals surface area contributed by atoms with Crippen molar-refractivity contribution in [1.29, 1.82) is 5.26 Å². The molecule has 4 nitrogen and oxygen atoms in total. The molecule has 0 aromatic carbocycles. The Balaban J connectivity index is 1.75. The van der Waals surface area contributed by atoms with Crippen LogP contribution >= 0.6 is 23.2 Å². The Morgan fingerprint density at radius 2 is 1.97 bits per heavy atom. The minimum absolute atomic E-state index is 0.0458. The summed E-state index contributed by atoms with van der Waals surface area (Å²) < 4.78 is 3.86. The molecule has 0 heterocycles. The molecule has 2 unspecified atom stereocenters. The monoisotopic (exact) mass is 467 g/mol. The van der Waals surface area contributed by atoms with Crippen molar-refractivity contribution in [2.75, 3.05) is 0 Å². The van der Waals surface area contributed by atoms with Crippen LogP contribution in [0.3, 0.4) is 0 Å². The number of fused-ring (bicyclic) bond motifs is 5. The quantitative estimate of drug-likeness (QED) is 0.254. The van der Waals surface area contributed by atoms with Crippen LogP contribution in [0.5, 0.6) is 0 Å². The standard InChI is InChI=1S/C23H31Cl2NO3Si/c1-20-10-7-16(27)13-15(20)5-6-17-18(20)8-11-21(2)19(17)9-12-22(21,28)23(24,25)30(3,4)29-14-26/h8,13,17,19,28H,5-7,9-12H2,1-4H3/t17?,19?,20-,21-,22+/m0/s1. The average Bonchev–Trinajstić information content (AvgIpc) is 2.95. The van der Waals surface area contributed by atoms with Crippen molar-refractivity contribution in [3.8, 4) is 6.26 Å². The van der Waals surface area contributed by atoms with Gasteiger partial charge >= 0.3 is 8.32 Å². The van der Waals surface area contributed by atoms with E-state index in [9.17, 15) is 9.90 Å². The third-order valence-corrected chi connectivity index (χ3v) is 14.9. The largest absolute Gasteiger partial charge is 0.479 e. The molecule has 7 heteroatoms. The van der Waals surface area contributed by atoms with Crippen molar-refractivity contribution in [2.45, 2.75) is 81.4 Å². The molecule has 2 fully saturated rings. The molecule has 2 saturated carbocycles. The Morgan fingerprint density at radius 3 is 2.63 bits per heavy atom. The van der Waals surface area contributed by atoms with E-state index in [0.717, 1.165) is 25.7 Å². The maximum atomic E-state index is 12.1. The van der Waals surface area contributed by atoms with Gasteiger partial charge in [0.05, 0.1) is 0 Å². The highest BCUT2D eigenvalue weighted by Gasteiger charge is 2.73. The lowest BCUT2D eigenvalue weighted by Crippen LogP contribution is -2.68. The Morgan fingerprint density at radius 1 is 1.27 bits per heavy atom. The topological polar surface area (TPSA) is 70.3 Å². The highest BCUT2D eigenvalue weighted by molar-refractivity contribution is 6.91. The number of nitrogens with zero attached hydrogens (tertiary/aromatic N) is 1. The molecule has 4 aliphatic rings. The molecular formula is C23H31Cl2NO3Si. The molecule has 0 spiro atoms. The maximum Gasteiger partial charge on any atom is 0.300 e. The fourth-order valence-electron chi connectivity index (χ4n) is 7.06. The summed E-state index contributed by atoms with van der Waals surface area (Å²) >= 11 is 13.9. The summed E-state index contributed by atoms with van der Waals surface area (Å²) in [4.78, 5) is 12.0. The number of ketones is 1. The second kappa shape index (κ2) is 6.85. The van der Waals surface area contributed by atoms with Crippen LogP contribution in [0, 0.1) is 34.2 Å². The van der Waals surface area contributed by atoms with E-state index >= 15 is 0 Å². The van der Waals surface area contributed by atoms with Crippen LogP contribution < -0.4 is 0 Å². The molecule has 0 saturated heterocycles. The summed E-state index contributed by atoms with van der Waals surface area (Å²) in [7, 11) is -2.93. The normalized spacial score (nSPS) is 41.1. The van der Waals surface area contributed by atoms with Crippen LogP contribution in [0.15, 0.2) is 23.3 Å². The van der Waals surface area contributed by atoms with Crippen LogP contribution in [0.2, 0.25) is 13.1 Å². The predicted octanol–water partition coefficient (Wildman–Crippen LogP) is 5.59. The van der Waals surface area contributed by atoms with Gasteiger partial charge in [-0.3, -0.25) is 4.79 Å². The minimum Gasteiger partial charge on any atom is -0.479 e. The first-order valence-electron chi connectivity index (χ1n) is 11.0. The minimum atomic E-state index is -2.93. The molecule has 4 aliphatic carbocycles. The summed E-state index contributed by atoms with van der Waals surface area (Å²) in [5.74, 6) is 0.873. The Hall–Kier alpha value is -0.803. The maximum absolute atomic E-state index is 12.1. The first kappa shape index (κ1) is 22.4. The summed E-state index contributed by atoms with van der Waals surface area (Å²) in [6.07, 6.45) is 11.4. The van der Waals surface area contributed by atoms with Crippen molar-refractivity contribution >= 4 is 37.3 Å². The summed E-state index contributed by atoms with van der Waals surface area (Å²) in [6.45, 7) is 8.00. The van der Waals surface area contributed by atoms with E-state index in [0.29, 0.717) is 25.2 Å². The van der Waals surface area contributed by atoms with E-state index in [4.69, 9.17) is 32.9 Å². The number of allylic oxidation sites excluding steroid dienone is 4. The lowest BCUT2D eigenvalue weighted by atomic mass is 9.51.